The van der Waals surface area contributed by atoms with E-state index in [0.29, 0.717) is 11.4 Å². The van der Waals surface area contributed by atoms with Crippen LogP contribution in [0.4, 0.5) is 5.69 Å². The maximum absolute atomic E-state index is 12.1. The topological polar surface area (TPSA) is 88.3 Å². The molecule has 0 saturated carbocycles. The first-order valence-corrected chi connectivity index (χ1v) is 7.27. The van der Waals surface area contributed by atoms with Crippen LogP contribution in [0.1, 0.15) is 5.56 Å². The summed E-state index contributed by atoms with van der Waals surface area (Å²) in [5, 5.41) is 0. The van der Waals surface area contributed by atoms with E-state index < -0.39 is 10.0 Å². The van der Waals surface area contributed by atoms with Crippen molar-refractivity contribution in [2.45, 2.75) is 11.8 Å². The summed E-state index contributed by atoms with van der Waals surface area (Å²) in [6.45, 7) is 1.82. The summed E-state index contributed by atoms with van der Waals surface area (Å²) in [7, 11) is -2.18. The van der Waals surface area contributed by atoms with Crippen molar-refractivity contribution in [3.05, 3.63) is 52.4 Å². The van der Waals surface area contributed by atoms with Crippen LogP contribution in [0.3, 0.4) is 0 Å². The van der Waals surface area contributed by atoms with Gasteiger partial charge in [-0.3, -0.25) is 9.52 Å². The van der Waals surface area contributed by atoms with Gasteiger partial charge >= 0.3 is 0 Å². The summed E-state index contributed by atoms with van der Waals surface area (Å²) in [5.41, 5.74) is 0.882. The highest BCUT2D eigenvalue weighted by atomic mass is 32.2. The van der Waals surface area contributed by atoms with Gasteiger partial charge in [0.05, 0.1) is 7.11 Å². The standard InChI is InChI=1S/C13H14N2O4S/c1-9-7-10(3-5-12(9)19-2)15-20(17,18)11-4-6-13(16)14-8-11/h3-8,15H,1-2H3,(H,14,16). The summed E-state index contributed by atoms with van der Waals surface area (Å²) in [6, 6.07) is 7.36. The van der Waals surface area contributed by atoms with E-state index in [4.69, 9.17) is 4.74 Å². The van der Waals surface area contributed by atoms with Gasteiger partial charge in [-0.05, 0) is 36.8 Å². The van der Waals surface area contributed by atoms with Crippen LogP contribution in [-0.2, 0) is 10.0 Å². The number of H-pyrrole nitrogens is 1. The maximum atomic E-state index is 12.1. The van der Waals surface area contributed by atoms with E-state index in [1.54, 1.807) is 25.3 Å². The molecule has 0 atom stereocenters. The minimum Gasteiger partial charge on any atom is -0.496 e. The summed E-state index contributed by atoms with van der Waals surface area (Å²) in [5.74, 6) is 0.678. The molecule has 0 saturated heterocycles. The highest BCUT2D eigenvalue weighted by molar-refractivity contribution is 7.92. The number of ether oxygens (including phenoxy) is 1. The van der Waals surface area contributed by atoms with Gasteiger partial charge in [-0.15, -0.1) is 0 Å². The van der Waals surface area contributed by atoms with E-state index in [0.717, 1.165) is 17.8 Å². The fraction of sp³-hybridized carbons (Fsp3) is 0.154. The zero-order valence-corrected chi connectivity index (χ0v) is 11.8. The molecule has 0 radical (unpaired) electrons. The zero-order chi connectivity index (χ0) is 14.8. The number of rotatable bonds is 4. The molecule has 1 aromatic heterocycles. The molecular weight excluding hydrogens is 280 g/mol. The van der Waals surface area contributed by atoms with Gasteiger partial charge in [0.2, 0.25) is 5.56 Å². The third-order valence-electron chi connectivity index (χ3n) is 2.71. The van der Waals surface area contributed by atoms with E-state index in [2.05, 4.69) is 9.71 Å². The minimum atomic E-state index is -3.73. The zero-order valence-electron chi connectivity index (χ0n) is 11.0. The Kier molecular flexibility index (Phi) is 3.80. The molecule has 7 heteroatoms. The van der Waals surface area contributed by atoms with Crippen LogP contribution in [-0.4, -0.2) is 20.5 Å². The third-order valence-corrected chi connectivity index (χ3v) is 4.09. The predicted octanol–water partition coefficient (Wildman–Crippen LogP) is 1.49. The van der Waals surface area contributed by atoms with Crippen LogP contribution >= 0.6 is 0 Å². The largest absolute Gasteiger partial charge is 0.496 e. The lowest BCUT2D eigenvalue weighted by molar-refractivity contribution is 0.412. The van der Waals surface area contributed by atoms with Crippen molar-refractivity contribution in [2.24, 2.45) is 0 Å². The lowest BCUT2D eigenvalue weighted by atomic mass is 10.2. The molecule has 20 heavy (non-hydrogen) atoms. The number of benzene rings is 1. The Morgan fingerprint density at radius 2 is 1.95 bits per heavy atom. The first-order chi connectivity index (χ1) is 9.42. The minimum absolute atomic E-state index is 0.00873. The Morgan fingerprint density at radius 1 is 1.20 bits per heavy atom. The third kappa shape index (κ3) is 3.00. The summed E-state index contributed by atoms with van der Waals surface area (Å²) in [6.07, 6.45) is 1.15. The van der Waals surface area contributed by atoms with Gasteiger partial charge in [0.25, 0.3) is 10.0 Å². The Labute approximate surface area is 116 Å². The van der Waals surface area contributed by atoms with E-state index in [9.17, 15) is 13.2 Å². The molecule has 2 N–H and O–H groups in total. The first kappa shape index (κ1) is 14.1. The first-order valence-electron chi connectivity index (χ1n) is 5.78. The van der Waals surface area contributed by atoms with Crippen LogP contribution in [0.25, 0.3) is 0 Å². The van der Waals surface area contributed by atoms with Crippen molar-refractivity contribution in [1.29, 1.82) is 0 Å². The Morgan fingerprint density at radius 3 is 2.50 bits per heavy atom. The van der Waals surface area contributed by atoms with E-state index >= 15 is 0 Å². The van der Waals surface area contributed by atoms with Gasteiger partial charge in [0.1, 0.15) is 10.6 Å². The molecule has 0 spiro atoms. The van der Waals surface area contributed by atoms with Crippen molar-refractivity contribution < 1.29 is 13.2 Å². The molecular formula is C13H14N2O4S. The lowest BCUT2D eigenvalue weighted by Gasteiger charge is -2.10. The predicted molar refractivity (Wildman–Crippen MR) is 75.6 cm³/mol. The molecule has 0 amide bonds. The second kappa shape index (κ2) is 5.38. The smallest absolute Gasteiger partial charge is 0.263 e. The van der Waals surface area contributed by atoms with Crippen molar-refractivity contribution in [3.63, 3.8) is 0 Å². The molecule has 0 aliphatic heterocycles. The van der Waals surface area contributed by atoms with Gasteiger partial charge in [0.15, 0.2) is 0 Å². The van der Waals surface area contributed by atoms with E-state index in [1.165, 1.54) is 6.07 Å². The van der Waals surface area contributed by atoms with Crippen LogP contribution < -0.4 is 15.0 Å². The second-order valence-electron chi connectivity index (χ2n) is 4.18. The van der Waals surface area contributed by atoms with Gasteiger partial charge < -0.3 is 9.72 Å². The number of aromatic amines is 1. The molecule has 6 nitrogen and oxygen atoms in total. The molecule has 0 bridgehead atoms. The average Bonchev–Trinajstić information content (AvgIpc) is 2.39. The number of aryl methyl sites for hydroxylation is 1. The lowest BCUT2D eigenvalue weighted by Crippen LogP contribution is -2.15. The number of sulfonamides is 1. The highest BCUT2D eigenvalue weighted by Gasteiger charge is 2.14. The van der Waals surface area contributed by atoms with Gasteiger partial charge in [-0.1, -0.05) is 0 Å². The van der Waals surface area contributed by atoms with Gasteiger partial charge in [-0.2, -0.15) is 0 Å². The van der Waals surface area contributed by atoms with Gasteiger partial charge in [0, 0.05) is 18.0 Å². The number of pyridine rings is 1. The maximum Gasteiger partial charge on any atom is 0.263 e. The van der Waals surface area contributed by atoms with Crippen molar-refractivity contribution in [2.75, 3.05) is 11.8 Å². The molecule has 0 aliphatic carbocycles. The molecule has 106 valence electrons. The molecule has 0 fully saturated rings. The number of anilines is 1. The Bertz CT molecular complexity index is 761. The molecule has 1 heterocycles. The van der Waals surface area contributed by atoms with Crippen LogP contribution in [0.15, 0.2) is 46.2 Å². The summed E-state index contributed by atoms with van der Waals surface area (Å²) >= 11 is 0. The number of methoxy groups -OCH3 is 1. The number of hydrogen-bond acceptors (Lipinski definition) is 4. The fourth-order valence-electron chi connectivity index (χ4n) is 1.72. The van der Waals surface area contributed by atoms with Crippen molar-refractivity contribution >= 4 is 15.7 Å². The molecule has 2 aromatic rings. The molecule has 2 rings (SSSR count). The van der Waals surface area contributed by atoms with E-state index in [1.807, 2.05) is 6.92 Å². The quantitative estimate of drug-likeness (QED) is 0.894. The van der Waals surface area contributed by atoms with Crippen LogP contribution in [0.5, 0.6) is 5.75 Å². The molecule has 1 aromatic carbocycles. The second-order valence-corrected chi connectivity index (χ2v) is 5.86. The highest BCUT2D eigenvalue weighted by Crippen LogP contribution is 2.23. The fourth-order valence-corrected chi connectivity index (χ4v) is 2.74. The molecule has 0 aliphatic rings. The number of aromatic nitrogens is 1. The number of nitrogens with one attached hydrogen (secondary N) is 2. The number of hydrogen-bond donors (Lipinski definition) is 2. The Hall–Kier alpha value is -2.28. The normalized spacial score (nSPS) is 11.1. The van der Waals surface area contributed by atoms with E-state index in [-0.39, 0.29) is 10.5 Å². The van der Waals surface area contributed by atoms with Crippen LogP contribution in [0.2, 0.25) is 0 Å². The summed E-state index contributed by atoms with van der Waals surface area (Å²) in [4.78, 5) is 13.3. The van der Waals surface area contributed by atoms with Gasteiger partial charge in [-0.25, -0.2) is 8.42 Å². The SMILES string of the molecule is COc1ccc(NS(=O)(=O)c2ccc(=O)[nH]c2)cc1C. The summed E-state index contributed by atoms with van der Waals surface area (Å²) < 4.78 is 31.8. The average molecular weight is 294 g/mol. The Balaban J connectivity index is 2.30. The van der Waals surface area contributed by atoms with Crippen LogP contribution in [0, 0.1) is 6.92 Å². The molecule has 0 unspecified atom stereocenters. The van der Waals surface area contributed by atoms with Crippen molar-refractivity contribution in [1.82, 2.24) is 4.98 Å². The monoisotopic (exact) mass is 294 g/mol. The van der Waals surface area contributed by atoms with Crippen molar-refractivity contribution in [3.8, 4) is 5.75 Å².